The predicted octanol–water partition coefficient (Wildman–Crippen LogP) is 4.99. The quantitative estimate of drug-likeness (QED) is 0.508. The molecule has 0 unspecified atom stereocenters. The molecule has 1 saturated heterocycles. The number of hydrogen-bond donors (Lipinski definition) is 2. The molecule has 0 saturated carbocycles. The van der Waals surface area contributed by atoms with Crippen LogP contribution in [-0.2, 0) is 0 Å². The lowest BCUT2D eigenvalue weighted by atomic mass is 9.91. The highest BCUT2D eigenvalue weighted by Gasteiger charge is 2.28. The van der Waals surface area contributed by atoms with Gasteiger partial charge in [-0.15, -0.1) is 12.4 Å². The van der Waals surface area contributed by atoms with Crippen LogP contribution in [0.5, 0.6) is 11.5 Å². The minimum atomic E-state index is -0.240. The molecule has 1 fully saturated rings. The van der Waals surface area contributed by atoms with Crippen molar-refractivity contribution in [2.24, 2.45) is 0 Å². The topological polar surface area (TPSA) is 77.4 Å². The molecule has 0 aliphatic carbocycles. The summed E-state index contributed by atoms with van der Waals surface area (Å²) in [5.41, 5.74) is 3.79. The number of nitrogens with zero attached hydrogens (tertiary/aromatic N) is 2. The number of aromatic nitrogens is 2. The van der Waals surface area contributed by atoms with Crippen molar-refractivity contribution < 1.29 is 14.3 Å². The van der Waals surface area contributed by atoms with Gasteiger partial charge < -0.3 is 20.1 Å². The van der Waals surface area contributed by atoms with E-state index in [1.807, 2.05) is 29.8 Å². The fraction of sp³-hybridized carbons (Fsp3) is 0.333. The minimum absolute atomic E-state index is 0. The van der Waals surface area contributed by atoms with Crippen LogP contribution in [0.4, 0.5) is 5.69 Å². The summed E-state index contributed by atoms with van der Waals surface area (Å²) < 4.78 is 12.6. The van der Waals surface area contributed by atoms with E-state index in [1.165, 1.54) is 0 Å². The molecule has 2 N–H and O–H groups in total. The zero-order valence-corrected chi connectivity index (χ0v) is 20.4. The van der Waals surface area contributed by atoms with Crippen molar-refractivity contribution in [2.75, 3.05) is 32.6 Å². The number of rotatable bonds is 6. The number of nitrogens with one attached hydrogen (secondary N) is 2. The minimum Gasteiger partial charge on any atom is -0.497 e. The van der Waals surface area contributed by atoms with Gasteiger partial charge in [0, 0.05) is 17.0 Å². The third-order valence-electron chi connectivity index (χ3n) is 5.90. The maximum atomic E-state index is 13.4. The zero-order valence-electron chi connectivity index (χ0n) is 18.9. The van der Waals surface area contributed by atoms with Gasteiger partial charge in [-0.3, -0.25) is 4.79 Å². The number of ether oxygens (including phenoxy) is 2. The third-order valence-corrected chi connectivity index (χ3v) is 6.31. The monoisotopic (exact) mass is 490 g/mol. The van der Waals surface area contributed by atoms with Gasteiger partial charge in [-0.05, 0) is 62.7 Å². The third kappa shape index (κ3) is 5.11. The lowest BCUT2D eigenvalue weighted by molar-refractivity contribution is 0.102. The normalized spacial score (nSPS) is 13.8. The van der Waals surface area contributed by atoms with Crippen LogP contribution >= 0.6 is 24.0 Å². The molecule has 1 amide bonds. The van der Waals surface area contributed by atoms with Crippen molar-refractivity contribution in [1.82, 2.24) is 15.1 Å². The molecule has 3 aromatic rings. The van der Waals surface area contributed by atoms with E-state index in [9.17, 15) is 4.79 Å². The van der Waals surface area contributed by atoms with E-state index in [0.717, 1.165) is 42.9 Å². The van der Waals surface area contributed by atoms with E-state index in [4.69, 9.17) is 21.1 Å². The van der Waals surface area contributed by atoms with E-state index >= 15 is 0 Å². The van der Waals surface area contributed by atoms with E-state index in [1.54, 1.807) is 38.6 Å². The summed E-state index contributed by atoms with van der Waals surface area (Å²) >= 11 is 6.38. The molecular formula is C24H28Cl2N4O3. The molecule has 176 valence electrons. The number of halogens is 2. The van der Waals surface area contributed by atoms with Crippen LogP contribution in [0.1, 0.15) is 40.4 Å². The standard InChI is InChI=1S/C24H27ClN4O3.ClH/c1-15-19(25)5-4-6-21(15)29-23(16-9-11-26-12-10-16)18(14-27-29)24(30)28-20-13-17(31-2)7-8-22(20)32-3;/h4-8,13-14,16,26H,9-12H2,1-3H3,(H,28,30);1H. The van der Waals surface area contributed by atoms with Crippen molar-refractivity contribution >= 4 is 35.6 Å². The number of benzene rings is 2. The fourth-order valence-corrected chi connectivity index (χ4v) is 4.31. The summed E-state index contributed by atoms with van der Waals surface area (Å²) in [6.45, 7) is 3.76. The molecule has 0 spiro atoms. The van der Waals surface area contributed by atoms with Crippen LogP contribution in [0.3, 0.4) is 0 Å². The smallest absolute Gasteiger partial charge is 0.259 e. The number of hydrogen-bond acceptors (Lipinski definition) is 5. The highest BCUT2D eigenvalue weighted by molar-refractivity contribution is 6.31. The Bertz CT molecular complexity index is 1130. The van der Waals surface area contributed by atoms with Crippen molar-refractivity contribution in [3.05, 3.63) is 64.4 Å². The van der Waals surface area contributed by atoms with Crippen LogP contribution < -0.4 is 20.1 Å². The molecule has 7 nitrogen and oxygen atoms in total. The highest BCUT2D eigenvalue weighted by atomic mass is 35.5. The molecule has 0 radical (unpaired) electrons. The summed E-state index contributed by atoms with van der Waals surface area (Å²) in [7, 11) is 3.15. The van der Waals surface area contributed by atoms with E-state index in [2.05, 4.69) is 15.7 Å². The summed E-state index contributed by atoms with van der Waals surface area (Å²) in [6, 6.07) is 11.0. The molecule has 1 aliphatic heterocycles. The Balaban J connectivity index is 0.00000306. The maximum Gasteiger partial charge on any atom is 0.259 e. The number of amides is 1. The van der Waals surface area contributed by atoms with Crippen LogP contribution in [0.25, 0.3) is 5.69 Å². The van der Waals surface area contributed by atoms with Crippen molar-refractivity contribution in [1.29, 1.82) is 0 Å². The Labute approximate surface area is 204 Å². The van der Waals surface area contributed by atoms with Gasteiger partial charge in [-0.1, -0.05) is 17.7 Å². The highest BCUT2D eigenvalue weighted by Crippen LogP contribution is 2.34. The number of carbonyl (C=O) groups is 1. The number of anilines is 1. The zero-order chi connectivity index (χ0) is 22.7. The van der Waals surface area contributed by atoms with Gasteiger partial charge in [0.15, 0.2) is 0 Å². The van der Waals surface area contributed by atoms with Crippen LogP contribution in [0, 0.1) is 6.92 Å². The van der Waals surface area contributed by atoms with Gasteiger partial charge in [-0.25, -0.2) is 4.68 Å². The Hall–Kier alpha value is -2.74. The SMILES string of the molecule is COc1ccc(OC)c(NC(=O)c2cnn(-c3cccc(Cl)c3C)c2C2CCNCC2)c1.Cl. The summed E-state index contributed by atoms with van der Waals surface area (Å²) in [6.07, 6.45) is 3.49. The fourth-order valence-electron chi connectivity index (χ4n) is 4.14. The second kappa shape index (κ2) is 10.9. The maximum absolute atomic E-state index is 13.4. The van der Waals surface area contributed by atoms with Gasteiger partial charge >= 0.3 is 0 Å². The van der Waals surface area contributed by atoms with Crippen LogP contribution in [-0.4, -0.2) is 43.0 Å². The first-order valence-electron chi connectivity index (χ1n) is 10.6. The first-order chi connectivity index (χ1) is 15.5. The second-order valence-corrected chi connectivity index (χ2v) is 8.19. The first kappa shape index (κ1) is 24.9. The van der Waals surface area contributed by atoms with E-state index in [0.29, 0.717) is 27.8 Å². The molecule has 0 bridgehead atoms. The van der Waals surface area contributed by atoms with Crippen LogP contribution in [0.2, 0.25) is 5.02 Å². The average Bonchev–Trinajstić information content (AvgIpc) is 3.26. The molecular weight excluding hydrogens is 463 g/mol. The largest absolute Gasteiger partial charge is 0.497 e. The molecule has 2 heterocycles. The van der Waals surface area contributed by atoms with Gasteiger partial charge in [0.25, 0.3) is 5.91 Å². The summed E-state index contributed by atoms with van der Waals surface area (Å²) in [5.74, 6) is 1.15. The van der Waals surface area contributed by atoms with Gasteiger partial charge in [-0.2, -0.15) is 5.10 Å². The molecule has 33 heavy (non-hydrogen) atoms. The van der Waals surface area contributed by atoms with Gasteiger partial charge in [0.05, 0.1) is 43.0 Å². The lowest BCUT2D eigenvalue weighted by Crippen LogP contribution is -2.29. The molecule has 0 atom stereocenters. The Kier molecular flexibility index (Phi) is 8.24. The number of carbonyl (C=O) groups excluding carboxylic acids is 1. The average molecular weight is 491 g/mol. The predicted molar refractivity (Wildman–Crippen MR) is 133 cm³/mol. The summed E-state index contributed by atoms with van der Waals surface area (Å²) in [4.78, 5) is 13.4. The first-order valence-corrected chi connectivity index (χ1v) is 11.0. The molecule has 9 heteroatoms. The van der Waals surface area contributed by atoms with Crippen LogP contribution in [0.15, 0.2) is 42.6 Å². The Morgan fingerprint density at radius 2 is 1.94 bits per heavy atom. The number of methoxy groups -OCH3 is 2. The molecule has 4 rings (SSSR count). The van der Waals surface area contributed by atoms with Crippen molar-refractivity contribution in [3.63, 3.8) is 0 Å². The number of piperidine rings is 1. The molecule has 1 aliphatic rings. The van der Waals surface area contributed by atoms with Crippen molar-refractivity contribution in [3.8, 4) is 17.2 Å². The van der Waals surface area contributed by atoms with E-state index in [-0.39, 0.29) is 24.2 Å². The second-order valence-electron chi connectivity index (χ2n) is 7.78. The van der Waals surface area contributed by atoms with Gasteiger partial charge in [0.2, 0.25) is 0 Å². The lowest BCUT2D eigenvalue weighted by Gasteiger charge is -2.25. The summed E-state index contributed by atoms with van der Waals surface area (Å²) in [5, 5.41) is 11.7. The molecule has 2 aromatic carbocycles. The Morgan fingerprint density at radius 3 is 2.64 bits per heavy atom. The van der Waals surface area contributed by atoms with Crippen molar-refractivity contribution in [2.45, 2.75) is 25.7 Å². The van der Waals surface area contributed by atoms with E-state index < -0.39 is 0 Å². The van der Waals surface area contributed by atoms with Gasteiger partial charge in [0.1, 0.15) is 11.5 Å². The molecule has 1 aromatic heterocycles. The Morgan fingerprint density at radius 1 is 1.18 bits per heavy atom.